The summed E-state index contributed by atoms with van der Waals surface area (Å²) in [6, 6.07) is 6.51. The Kier molecular flexibility index (Phi) is 4.39. The van der Waals surface area contributed by atoms with Crippen molar-refractivity contribution in [2.75, 3.05) is 0 Å². The molecule has 2 rings (SSSR count). The Morgan fingerprint density at radius 2 is 1.85 bits per heavy atom. The molecule has 0 saturated carbocycles. The van der Waals surface area contributed by atoms with E-state index in [0.717, 1.165) is 5.56 Å². The van der Waals surface area contributed by atoms with Gasteiger partial charge in [-0.25, -0.2) is 18.1 Å². The first kappa shape index (κ1) is 15.3. The Hall–Kier alpha value is -1.08. The number of nitrogens with one attached hydrogen (secondary N) is 1. The van der Waals surface area contributed by atoms with Gasteiger partial charge < -0.3 is 4.57 Å². The number of nitrogens with zero attached hydrogens (tertiary/aromatic N) is 2. The molecule has 8 heteroatoms. The molecule has 1 heterocycles. The van der Waals surface area contributed by atoms with Crippen LogP contribution < -0.4 is 4.72 Å². The van der Waals surface area contributed by atoms with E-state index in [1.807, 2.05) is 0 Å². The second-order valence-corrected chi connectivity index (χ2v) is 6.77. The first-order chi connectivity index (χ1) is 9.31. The molecular weight excluding hydrogens is 321 g/mol. The predicted molar refractivity (Wildman–Crippen MR) is 78.4 cm³/mol. The van der Waals surface area contributed by atoms with Gasteiger partial charge in [0.25, 0.3) is 10.0 Å². The van der Waals surface area contributed by atoms with Gasteiger partial charge in [0, 0.05) is 18.1 Å². The molecule has 0 bridgehead atoms. The molecule has 108 valence electrons. The summed E-state index contributed by atoms with van der Waals surface area (Å²) in [7, 11) is -2.15. The van der Waals surface area contributed by atoms with Gasteiger partial charge >= 0.3 is 0 Å². The highest BCUT2D eigenvalue weighted by molar-refractivity contribution is 7.89. The van der Waals surface area contributed by atoms with Gasteiger partial charge in [-0.2, -0.15) is 0 Å². The van der Waals surface area contributed by atoms with Gasteiger partial charge in [0.1, 0.15) is 5.15 Å². The van der Waals surface area contributed by atoms with Crippen molar-refractivity contribution in [3.8, 4) is 0 Å². The van der Waals surface area contributed by atoms with Crippen LogP contribution in [-0.2, 0) is 17.1 Å². The lowest BCUT2D eigenvalue weighted by atomic mass is 10.1. The SMILES string of the molecule is CC(NS(=O)(=O)c1ncn(C)c1Cl)c1ccc(Cl)cc1. The fourth-order valence-electron chi connectivity index (χ4n) is 1.68. The highest BCUT2D eigenvalue weighted by Crippen LogP contribution is 2.22. The molecule has 5 nitrogen and oxygen atoms in total. The highest BCUT2D eigenvalue weighted by Gasteiger charge is 2.24. The van der Waals surface area contributed by atoms with Crippen molar-refractivity contribution in [3.05, 3.63) is 46.3 Å². The number of halogens is 2. The van der Waals surface area contributed by atoms with E-state index in [1.165, 1.54) is 10.9 Å². The van der Waals surface area contributed by atoms with E-state index in [4.69, 9.17) is 23.2 Å². The van der Waals surface area contributed by atoms with Crippen LogP contribution in [0.3, 0.4) is 0 Å². The Bertz CT molecular complexity index is 711. The van der Waals surface area contributed by atoms with Gasteiger partial charge in [-0.1, -0.05) is 35.3 Å². The summed E-state index contributed by atoms with van der Waals surface area (Å²) in [5, 5.41) is 0.486. The van der Waals surface area contributed by atoms with Gasteiger partial charge in [0.2, 0.25) is 5.03 Å². The molecule has 0 fully saturated rings. The standard InChI is InChI=1S/C12H13Cl2N3O2S/c1-8(9-3-5-10(13)6-4-9)16-20(18,19)12-11(14)17(2)7-15-12/h3-8,16H,1-2H3. The molecule has 0 aliphatic rings. The zero-order valence-corrected chi connectivity index (χ0v) is 13.2. The minimum absolute atomic E-state index is 0.0702. The van der Waals surface area contributed by atoms with Crippen molar-refractivity contribution in [2.45, 2.75) is 18.0 Å². The van der Waals surface area contributed by atoms with Crippen LogP contribution in [0.1, 0.15) is 18.5 Å². The highest BCUT2D eigenvalue weighted by atomic mass is 35.5. The Morgan fingerprint density at radius 3 is 2.35 bits per heavy atom. The average molecular weight is 334 g/mol. The first-order valence-corrected chi connectivity index (χ1v) is 8.00. The van der Waals surface area contributed by atoms with E-state index >= 15 is 0 Å². The van der Waals surface area contributed by atoms with Crippen molar-refractivity contribution in [1.29, 1.82) is 0 Å². The van der Waals surface area contributed by atoms with E-state index < -0.39 is 16.1 Å². The number of imidazole rings is 1. The summed E-state index contributed by atoms with van der Waals surface area (Å²) >= 11 is 11.7. The van der Waals surface area contributed by atoms with Crippen molar-refractivity contribution < 1.29 is 8.42 Å². The number of aryl methyl sites for hydroxylation is 1. The third-order valence-electron chi connectivity index (χ3n) is 2.79. The molecule has 0 spiro atoms. The predicted octanol–water partition coefficient (Wildman–Crippen LogP) is 2.77. The average Bonchev–Trinajstić information content (AvgIpc) is 2.71. The summed E-state index contributed by atoms with van der Waals surface area (Å²) in [6.45, 7) is 1.73. The second kappa shape index (κ2) is 5.73. The largest absolute Gasteiger partial charge is 0.324 e. The minimum atomic E-state index is -3.77. The Morgan fingerprint density at radius 1 is 1.25 bits per heavy atom. The first-order valence-electron chi connectivity index (χ1n) is 5.76. The van der Waals surface area contributed by atoms with E-state index in [2.05, 4.69) is 9.71 Å². The molecule has 0 radical (unpaired) electrons. The van der Waals surface area contributed by atoms with Crippen molar-refractivity contribution in [2.24, 2.45) is 7.05 Å². The van der Waals surface area contributed by atoms with E-state index in [9.17, 15) is 8.42 Å². The molecule has 1 unspecified atom stereocenters. The number of sulfonamides is 1. The van der Waals surface area contributed by atoms with Crippen molar-refractivity contribution >= 4 is 33.2 Å². The number of aromatic nitrogens is 2. The fraction of sp³-hybridized carbons (Fsp3) is 0.250. The van der Waals surface area contributed by atoms with Crippen LogP contribution in [0, 0.1) is 0 Å². The molecule has 2 aromatic rings. The van der Waals surface area contributed by atoms with Gasteiger partial charge in [-0.3, -0.25) is 0 Å². The van der Waals surface area contributed by atoms with Crippen molar-refractivity contribution in [1.82, 2.24) is 14.3 Å². The fourth-order valence-corrected chi connectivity index (χ4v) is 3.47. The number of benzene rings is 1. The van der Waals surface area contributed by atoms with Crippen LogP contribution in [0.25, 0.3) is 0 Å². The maximum atomic E-state index is 12.2. The van der Waals surface area contributed by atoms with Gasteiger partial charge in [-0.15, -0.1) is 0 Å². The minimum Gasteiger partial charge on any atom is -0.324 e. The van der Waals surface area contributed by atoms with E-state index in [-0.39, 0.29) is 10.2 Å². The van der Waals surface area contributed by atoms with Gasteiger partial charge in [0.05, 0.1) is 6.33 Å². The smallest absolute Gasteiger partial charge is 0.261 e. The molecule has 1 aromatic carbocycles. The number of rotatable bonds is 4. The summed E-state index contributed by atoms with van der Waals surface area (Å²) in [6.07, 6.45) is 1.35. The molecule has 0 aliphatic carbocycles. The van der Waals surface area contributed by atoms with Crippen molar-refractivity contribution in [3.63, 3.8) is 0 Å². The summed E-state index contributed by atoms with van der Waals surface area (Å²) < 4.78 is 28.4. The molecule has 0 amide bonds. The monoisotopic (exact) mass is 333 g/mol. The van der Waals surface area contributed by atoms with E-state index in [1.54, 1.807) is 38.2 Å². The molecule has 0 aliphatic heterocycles. The normalized spacial score (nSPS) is 13.4. The Labute approximate surface area is 127 Å². The molecule has 0 saturated heterocycles. The molecule has 1 N–H and O–H groups in total. The summed E-state index contributed by atoms with van der Waals surface area (Å²) in [5.74, 6) is 0. The van der Waals surface area contributed by atoms with E-state index in [0.29, 0.717) is 5.02 Å². The summed E-state index contributed by atoms with van der Waals surface area (Å²) in [5.41, 5.74) is 0.796. The molecule has 1 aromatic heterocycles. The number of hydrogen-bond acceptors (Lipinski definition) is 3. The third-order valence-corrected chi connectivity index (χ3v) is 5.07. The number of hydrogen-bond donors (Lipinski definition) is 1. The van der Waals surface area contributed by atoms with Crippen LogP contribution >= 0.6 is 23.2 Å². The lowest BCUT2D eigenvalue weighted by molar-refractivity contribution is 0.563. The maximum absolute atomic E-state index is 12.2. The van der Waals surface area contributed by atoms with Crippen LogP contribution in [0.4, 0.5) is 0 Å². The van der Waals surface area contributed by atoms with Crippen LogP contribution in [-0.4, -0.2) is 18.0 Å². The quantitative estimate of drug-likeness (QED) is 0.935. The molecule has 20 heavy (non-hydrogen) atoms. The zero-order chi connectivity index (χ0) is 14.9. The second-order valence-electron chi connectivity index (χ2n) is 4.35. The van der Waals surface area contributed by atoms with Gasteiger partial charge in [0.15, 0.2) is 0 Å². The van der Waals surface area contributed by atoms with Crippen LogP contribution in [0.5, 0.6) is 0 Å². The maximum Gasteiger partial charge on any atom is 0.261 e. The zero-order valence-electron chi connectivity index (χ0n) is 10.8. The lowest BCUT2D eigenvalue weighted by Gasteiger charge is -2.13. The summed E-state index contributed by atoms with van der Waals surface area (Å²) in [4.78, 5) is 3.81. The Balaban J connectivity index is 2.24. The third kappa shape index (κ3) is 3.15. The topological polar surface area (TPSA) is 64.0 Å². The van der Waals surface area contributed by atoms with Crippen LogP contribution in [0.2, 0.25) is 10.2 Å². The van der Waals surface area contributed by atoms with Gasteiger partial charge in [-0.05, 0) is 24.6 Å². The van der Waals surface area contributed by atoms with Crippen LogP contribution in [0.15, 0.2) is 35.6 Å². The molecule has 1 atom stereocenters. The lowest BCUT2D eigenvalue weighted by Crippen LogP contribution is -2.27. The molecular formula is C12H13Cl2N3O2S.